The predicted molar refractivity (Wildman–Crippen MR) is 82.9 cm³/mol. The van der Waals surface area contributed by atoms with Crippen LogP contribution >= 0.6 is 0 Å². The van der Waals surface area contributed by atoms with Crippen molar-refractivity contribution >= 4 is 0 Å². The maximum Gasteiger partial charge on any atom is 0.0613 e. The summed E-state index contributed by atoms with van der Waals surface area (Å²) in [5, 5.41) is 13.8. The van der Waals surface area contributed by atoms with Crippen molar-refractivity contribution in [1.29, 1.82) is 0 Å². The second-order valence-electron chi connectivity index (χ2n) is 7.54. The van der Waals surface area contributed by atoms with Gasteiger partial charge in [0.15, 0.2) is 0 Å². The number of nitrogens with one attached hydrogen (secondary N) is 1. The number of aliphatic hydroxyl groups excluding tert-OH is 1. The molecule has 1 aliphatic heterocycles. The average molecular weight is 280 g/mol. The molecule has 0 radical (unpaired) electrons. The van der Waals surface area contributed by atoms with Crippen LogP contribution in [0.25, 0.3) is 0 Å². The lowest BCUT2D eigenvalue weighted by atomic mass is 9.78. The van der Waals surface area contributed by atoms with Gasteiger partial charge in [-0.15, -0.1) is 0 Å². The third kappa shape index (κ3) is 3.37. The van der Waals surface area contributed by atoms with E-state index in [0.29, 0.717) is 18.7 Å². The Hall–Kier alpha value is -0.120. The van der Waals surface area contributed by atoms with Gasteiger partial charge in [0.1, 0.15) is 0 Å². The first-order chi connectivity index (χ1) is 9.72. The van der Waals surface area contributed by atoms with Crippen LogP contribution in [0, 0.1) is 0 Å². The van der Waals surface area contributed by atoms with Crippen LogP contribution in [0.2, 0.25) is 0 Å². The molecular formula is C17H32N2O. The summed E-state index contributed by atoms with van der Waals surface area (Å²) in [5.41, 5.74) is 0.0239. The first-order valence-corrected chi connectivity index (χ1v) is 8.87. The molecule has 3 nitrogen and oxygen atoms in total. The Morgan fingerprint density at radius 2 is 1.95 bits per heavy atom. The summed E-state index contributed by atoms with van der Waals surface area (Å²) in [5.74, 6) is 0. The van der Waals surface area contributed by atoms with E-state index in [4.69, 9.17) is 0 Å². The van der Waals surface area contributed by atoms with Gasteiger partial charge >= 0.3 is 0 Å². The molecule has 2 saturated carbocycles. The smallest absolute Gasteiger partial charge is 0.0613 e. The zero-order valence-corrected chi connectivity index (χ0v) is 13.1. The fourth-order valence-electron chi connectivity index (χ4n) is 4.43. The van der Waals surface area contributed by atoms with Crippen molar-refractivity contribution in [2.24, 2.45) is 0 Å². The molecule has 3 unspecified atom stereocenters. The fraction of sp³-hybridized carbons (Fsp3) is 1.00. The Morgan fingerprint density at radius 3 is 2.70 bits per heavy atom. The van der Waals surface area contributed by atoms with E-state index < -0.39 is 0 Å². The van der Waals surface area contributed by atoms with Crippen LogP contribution in [0.1, 0.15) is 71.1 Å². The molecule has 3 heteroatoms. The fourth-order valence-corrected chi connectivity index (χ4v) is 4.43. The van der Waals surface area contributed by atoms with Crippen molar-refractivity contribution in [3.63, 3.8) is 0 Å². The molecule has 1 heterocycles. The van der Waals surface area contributed by atoms with Gasteiger partial charge in [0.2, 0.25) is 0 Å². The van der Waals surface area contributed by atoms with Crippen LogP contribution in [0.3, 0.4) is 0 Å². The molecule has 0 aromatic carbocycles. The van der Waals surface area contributed by atoms with E-state index in [0.717, 1.165) is 12.5 Å². The molecule has 0 bridgehead atoms. The lowest BCUT2D eigenvalue weighted by molar-refractivity contribution is 0.0421. The van der Waals surface area contributed by atoms with Crippen LogP contribution in [-0.2, 0) is 0 Å². The zero-order chi connectivity index (χ0) is 14.0. The quantitative estimate of drug-likeness (QED) is 0.831. The first kappa shape index (κ1) is 14.8. The van der Waals surface area contributed by atoms with Crippen molar-refractivity contribution in [2.45, 2.75) is 94.8 Å². The monoisotopic (exact) mass is 280 g/mol. The van der Waals surface area contributed by atoms with E-state index in [1.807, 2.05) is 0 Å². The predicted octanol–water partition coefficient (Wildman–Crippen LogP) is 2.68. The van der Waals surface area contributed by atoms with Gasteiger partial charge < -0.3 is 10.4 Å². The van der Waals surface area contributed by atoms with Gasteiger partial charge in [-0.2, -0.15) is 0 Å². The van der Waals surface area contributed by atoms with E-state index in [1.165, 1.54) is 64.3 Å². The van der Waals surface area contributed by atoms with E-state index >= 15 is 0 Å². The molecular weight excluding hydrogens is 248 g/mol. The number of aliphatic hydroxyl groups is 1. The van der Waals surface area contributed by atoms with Crippen LogP contribution in [-0.4, -0.2) is 46.8 Å². The normalized spacial score (nSPS) is 40.5. The topological polar surface area (TPSA) is 35.5 Å². The first-order valence-electron chi connectivity index (χ1n) is 8.87. The third-order valence-electron chi connectivity index (χ3n) is 5.78. The molecule has 20 heavy (non-hydrogen) atoms. The number of nitrogens with zero attached hydrogens (tertiary/aromatic N) is 1. The minimum atomic E-state index is 0.0239. The molecule has 3 aliphatic rings. The Balaban J connectivity index is 1.66. The summed E-state index contributed by atoms with van der Waals surface area (Å²) in [6, 6.07) is 2.12. The molecule has 3 rings (SSSR count). The number of rotatable bonds is 4. The molecule has 0 aromatic rings. The van der Waals surface area contributed by atoms with Gasteiger partial charge in [-0.05, 0) is 64.8 Å². The summed E-state index contributed by atoms with van der Waals surface area (Å²) in [6.07, 6.45) is 13.1. The van der Waals surface area contributed by atoms with Gasteiger partial charge in [-0.3, -0.25) is 4.90 Å². The lowest BCUT2D eigenvalue weighted by Gasteiger charge is -2.46. The highest BCUT2D eigenvalue weighted by atomic mass is 16.3. The molecule has 1 saturated heterocycles. The Morgan fingerprint density at radius 1 is 1.10 bits per heavy atom. The summed E-state index contributed by atoms with van der Waals surface area (Å²) >= 11 is 0. The minimum absolute atomic E-state index is 0.0239. The molecule has 2 aliphatic carbocycles. The molecule has 2 N–H and O–H groups in total. The summed E-state index contributed by atoms with van der Waals surface area (Å²) in [4.78, 5) is 2.77. The third-order valence-corrected chi connectivity index (χ3v) is 5.78. The van der Waals surface area contributed by atoms with Crippen LogP contribution in [0.5, 0.6) is 0 Å². The number of hydrogen-bond acceptors (Lipinski definition) is 3. The van der Waals surface area contributed by atoms with E-state index in [-0.39, 0.29) is 5.54 Å². The maximum absolute atomic E-state index is 9.97. The largest absolute Gasteiger partial charge is 0.394 e. The molecule has 3 atom stereocenters. The van der Waals surface area contributed by atoms with Crippen molar-refractivity contribution in [3.05, 3.63) is 0 Å². The van der Waals surface area contributed by atoms with Crippen molar-refractivity contribution < 1.29 is 5.11 Å². The van der Waals surface area contributed by atoms with Crippen LogP contribution < -0.4 is 5.32 Å². The molecule has 3 fully saturated rings. The van der Waals surface area contributed by atoms with E-state index in [9.17, 15) is 5.11 Å². The summed E-state index contributed by atoms with van der Waals surface area (Å²) in [6.45, 7) is 4.01. The van der Waals surface area contributed by atoms with Gasteiger partial charge in [-0.25, -0.2) is 0 Å². The van der Waals surface area contributed by atoms with Crippen LogP contribution in [0.15, 0.2) is 0 Å². The number of likely N-dealkylation sites (tertiary alicyclic amines) is 1. The Labute approximate surface area is 124 Å². The van der Waals surface area contributed by atoms with Gasteiger partial charge in [-0.1, -0.05) is 12.8 Å². The highest BCUT2D eigenvalue weighted by molar-refractivity contribution is 5.01. The summed E-state index contributed by atoms with van der Waals surface area (Å²) in [7, 11) is 0. The molecule has 0 aromatic heterocycles. The highest BCUT2D eigenvalue weighted by Gasteiger charge is 2.41. The zero-order valence-electron chi connectivity index (χ0n) is 13.1. The Bertz CT molecular complexity index is 318. The van der Waals surface area contributed by atoms with Crippen molar-refractivity contribution in [3.8, 4) is 0 Å². The second-order valence-corrected chi connectivity index (χ2v) is 7.54. The lowest BCUT2D eigenvalue weighted by Crippen LogP contribution is -2.57. The maximum atomic E-state index is 9.97. The summed E-state index contributed by atoms with van der Waals surface area (Å²) < 4.78 is 0. The average Bonchev–Trinajstić information content (AvgIpc) is 3.27. The molecule has 116 valence electrons. The second kappa shape index (κ2) is 6.33. The number of hydrogen-bond donors (Lipinski definition) is 2. The van der Waals surface area contributed by atoms with Crippen LogP contribution in [0.4, 0.5) is 0 Å². The van der Waals surface area contributed by atoms with Gasteiger partial charge in [0.05, 0.1) is 6.61 Å². The van der Waals surface area contributed by atoms with Gasteiger partial charge in [0, 0.05) is 23.7 Å². The van der Waals surface area contributed by atoms with E-state index in [1.54, 1.807) is 0 Å². The SMILES string of the molecule is CC1CCCCCN1C1CCCC(CO)(NC2CC2)C1. The van der Waals surface area contributed by atoms with Crippen molar-refractivity contribution in [1.82, 2.24) is 10.2 Å². The molecule has 0 spiro atoms. The van der Waals surface area contributed by atoms with E-state index in [2.05, 4.69) is 17.1 Å². The minimum Gasteiger partial charge on any atom is -0.394 e. The van der Waals surface area contributed by atoms with Gasteiger partial charge in [0.25, 0.3) is 0 Å². The van der Waals surface area contributed by atoms with Crippen molar-refractivity contribution in [2.75, 3.05) is 13.2 Å². The Kier molecular flexibility index (Phi) is 4.68. The highest BCUT2D eigenvalue weighted by Crippen LogP contribution is 2.36. The molecule has 0 amide bonds. The standard InChI is InChI=1S/C17H32N2O/c1-14-6-3-2-4-11-19(14)16-7-5-10-17(12-16,13-20)18-15-8-9-15/h14-16,18,20H,2-13H2,1H3.